The van der Waals surface area contributed by atoms with Gasteiger partial charge in [0, 0.05) is 12.6 Å². The summed E-state index contributed by atoms with van der Waals surface area (Å²) in [6.45, 7) is 0.134. The first-order valence-electron chi connectivity index (χ1n) is 6.25. The molecule has 0 aliphatic rings. The molecule has 3 rings (SSSR count). The molecular weight excluding hydrogens is 272 g/mol. The first kappa shape index (κ1) is 13.0. The number of nitrogens with one attached hydrogen (secondary N) is 1. The van der Waals surface area contributed by atoms with Crippen molar-refractivity contribution >= 4 is 5.91 Å². The largest absolute Gasteiger partial charge is 0.342 e. The van der Waals surface area contributed by atoms with E-state index in [1.54, 1.807) is 7.05 Å². The first-order valence-corrected chi connectivity index (χ1v) is 6.25. The molecule has 0 radical (unpaired) electrons. The third kappa shape index (κ3) is 2.94. The van der Waals surface area contributed by atoms with Crippen molar-refractivity contribution in [3.63, 3.8) is 0 Å². The van der Waals surface area contributed by atoms with Crippen LogP contribution in [0, 0.1) is 0 Å². The summed E-state index contributed by atoms with van der Waals surface area (Å²) in [5, 5.41) is 13.9. The number of rotatable bonds is 4. The lowest BCUT2D eigenvalue weighted by Gasteiger charge is -1.97. The lowest BCUT2D eigenvalue weighted by molar-refractivity contribution is 0.0941. The summed E-state index contributed by atoms with van der Waals surface area (Å²) in [6, 6.07) is 9.45. The molecule has 0 spiro atoms. The van der Waals surface area contributed by atoms with Gasteiger partial charge in [-0.15, -0.1) is 5.10 Å². The van der Waals surface area contributed by atoms with Gasteiger partial charge in [-0.2, -0.15) is 4.98 Å². The number of carbonyl (C=O) groups is 1. The van der Waals surface area contributed by atoms with Crippen LogP contribution in [0.1, 0.15) is 16.4 Å². The third-order valence-electron chi connectivity index (χ3n) is 2.74. The molecule has 8 heteroatoms. The van der Waals surface area contributed by atoms with Gasteiger partial charge in [-0.3, -0.25) is 9.48 Å². The van der Waals surface area contributed by atoms with Crippen LogP contribution in [-0.4, -0.2) is 31.0 Å². The number of carbonyl (C=O) groups excluding carboxylic acids is 1. The Bertz CT molecular complexity index is 749. The summed E-state index contributed by atoms with van der Waals surface area (Å²) in [7, 11) is 1.69. The van der Waals surface area contributed by atoms with Gasteiger partial charge in [0.25, 0.3) is 5.91 Å². The Hall–Kier alpha value is -3.03. The molecule has 1 aromatic carbocycles. The van der Waals surface area contributed by atoms with E-state index in [0.29, 0.717) is 11.7 Å². The SMILES string of the molecule is Cn1cc(C(=O)NCc2nc(-c3ccccc3)no2)nn1. The van der Waals surface area contributed by atoms with Crippen LogP contribution in [0.15, 0.2) is 41.1 Å². The molecule has 21 heavy (non-hydrogen) atoms. The van der Waals surface area contributed by atoms with Crippen LogP contribution < -0.4 is 5.32 Å². The van der Waals surface area contributed by atoms with Crippen LogP contribution in [0.2, 0.25) is 0 Å². The molecule has 0 saturated carbocycles. The lowest BCUT2D eigenvalue weighted by Crippen LogP contribution is -2.23. The van der Waals surface area contributed by atoms with Gasteiger partial charge >= 0.3 is 0 Å². The maximum absolute atomic E-state index is 11.8. The highest BCUT2D eigenvalue weighted by atomic mass is 16.5. The van der Waals surface area contributed by atoms with Gasteiger partial charge < -0.3 is 9.84 Å². The van der Waals surface area contributed by atoms with Crippen molar-refractivity contribution in [2.24, 2.45) is 7.05 Å². The molecule has 0 bridgehead atoms. The van der Waals surface area contributed by atoms with E-state index in [-0.39, 0.29) is 18.1 Å². The quantitative estimate of drug-likeness (QED) is 0.760. The van der Waals surface area contributed by atoms with Crippen molar-refractivity contribution in [3.05, 3.63) is 48.1 Å². The van der Waals surface area contributed by atoms with E-state index >= 15 is 0 Å². The van der Waals surface area contributed by atoms with Crippen molar-refractivity contribution < 1.29 is 9.32 Å². The van der Waals surface area contributed by atoms with E-state index in [4.69, 9.17) is 4.52 Å². The summed E-state index contributed by atoms with van der Waals surface area (Å²) in [4.78, 5) is 16.0. The van der Waals surface area contributed by atoms with Crippen molar-refractivity contribution in [2.75, 3.05) is 0 Å². The molecule has 106 valence electrons. The number of aryl methyl sites for hydroxylation is 1. The maximum atomic E-state index is 11.8. The maximum Gasteiger partial charge on any atom is 0.273 e. The van der Waals surface area contributed by atoms with Crippen molar-refractivity contribution in [1.29, 1.82) is 0 Å². The number of benzene rings is 1. The fourth-order valence-corrected chi connectivity index (χ4v) is 1.73. The van der Waals surface area contributed by atoms with Crippen LogP contribution in [0.25, 0.3) is 11.4 Å². The highest BCUT2D eigenvalue weighted by Gasteiger charge is 2.12. The van der Waals surface area contributed by atoms with Crippen molar-refractivity contribution in [1.82, 2.24) is 30.5 Å². The van der Waals surface area contributed by atoms with E-state index in [0.717, 1.165) is 5.56 Å². The monoisotopic (exact) mass is 284 g/mol. The minimum atomic E-state index is -0.345. The summed E-state index contributed by atoms with van der Waals surface area (Å²) in [5.41, 5.74) is 1.09. The lowest BCUT2D eigenvalue weighted by atomic mass is 10.2. The Kier molecular flexibility index (Phi) is 3.42. The van der Waals surface area contributed by atoms with Gasteiger partial charge in [0.2, 0.25) is 11.7 Å². The van der Waals surface area contributed by atoms with Gasteiger partial charge in [0.15, 0.2) is 5.69 Å². The Morgan fingerprint density at radius 3 is 2.86 bits per heavy atom. The van der Waals surface area contributed by atoms with Crippen molar-refractivity contribution in [3.8, 4) is 11.4 Å². The molecule has 0 atom stereocenters. The van der Waals surface area contributed by atoms with E-state index < -0.39 is 0 Å². The molecule has 1 amide bonds. The normalized spacial score (nSPS) is 10.5. The highest BCUT2D eigenvalue weighted by molar-refractivity contribution is 5.91. The minimum absolute atomic E-state index is 0.134. The van der Waals surface area contributed by atoms with Crippen LogP contribution in [0.4, 0.5) is 0 Å². The fourth-order valence-electron chi connectivity index (χ4n) is 1.73. The van der Waals surface area contributed by atoms with Gasteiger partial charge in [-0.05, 0) is 0 Å². The van der Waals surface area contributed by atoms with E-state index in [1.165, 1.54) is 10.9 Å². The van der Waals surface area contributed by atoms with Crippen LogP contribution in [0.5, 0.6) is 0 Å². The fraction of sp³-hybridized carbons (Fsp3) is 0.154. The van der Waals surface area contributed by atoms with Crippen LogP contribution >= 0.6 is 0 Å². The number of aromatic nitrogens is 5. The Labute approximate surface area is 119 Å². The second kappa shape index (κ2) is 5.53. The molecule has 3 aromatic rings. The molecule has 0 aliphatic heterocycles. The van der Waals surface area contributed by atoms with E-state index in [2.05, 4.69) is 25.8 Å². The van der Waals surface area contributed by atoms with Crippen LogP contribution in [0.3, 0.4) is 0 Å². The molecule has 2 aromatic heterocycles. The number of hydrogen-bond donors (Lipinski definition) is 1. The van der Waals surface area contributed by atoms with Gasteiger partial charge in [-0.25, -0.2) is 0 Å². The molecular formula is C13H12N6O2. The topological polar surface area (TPSA) is 98.7 Å². The molecule has 0 unspecified atom stereocenters. The molecule has 0 saturated heterocycles. The smallest absolute Gasteiger partial charge is 0.273 e. The Balaban J connectivity index is 1.64. The molecule has 0 fully saturated rings. The Morgan fingerprint density at radius 2 is 2.14 bits per heavy atom. The highest BCUT2D eigenvalue weighted by Crippen LogP contribution is 2.14. The van der Waals surface area contributed by atoms with Gasteiger partial charge in [-0.1, -0.05) is 40.7 Å². The summed E-state index contributed by atoms with van der Waals surface area (Å²) in [6.07, 6.45) is 1.53. The zero-order chi connectivity index (χ0) is 14.7. The average molecular weight is 284 g/mol. The van der Waals surface area contributed by atoms with Gasteiger partial charge in [0.1, 0.15) is 0 Å². The molecule has 0 aliphatic carbocycles. The molecule has 1 N–H and O–H groups in total. The second-order valence-electron chi connectivity index (χ2n) is 4.34. The predicted octanol–water partition coefficient (Wildman–Crippen LogP) is 0.795. The Morgan fingerprint density at radius 1 is 1.33 bits per heavy atom. The van der Waals surface area contributed by atoms with E-state index in [1.807, 2.05) is 30.3 Å². The zero-order valence-corrected chi connectivity index (χ0v) is 11.2. The third-order valence-corrected chi connectivity index (χ3v) is 2.74. The molecule has 8 nitrogen and oxygen atoms in total. The predicted molar refractivity (Wildman–Crippen MR) is 71.9 cm³/mol. The first-order chi connectivity index (χ1) is 10.2. The second-order valence-corrected chi connectivity index (χ2v) is 4.34. The minimum Gasteiger partial charge on any atom is -0.342 e. The van der Waals surface area contributed by atoms with Gasteiger partial charge in [0.05, 0.1) is 12.7 Å². The summed E-state index contributed by atoms with van der Waals surface area (Å²) < 4.78 is 6.55. The standard InChI is InChI=1S/C13H12N6O2/c1-19-8-10(16-18-19)13(20)14-7-11-15-12(17-21-11)9-5-3-2-4-6-9/h2-6,8H,7H2,1H3,(H,14,20). The number of nitrogens with zero attached hydrogens (tertiary/aromatic N) is 5. The van der Waals surface area contributed by atoms with E-state index in [9.17, 15) is 4.79 Å². The zero-order valence-electron chi connectivity index (χ0n) is 11.2. The molecule has 2 heterocycles. The number of amides is 1. The van der Waals surface area contributed by atoms with Crippen molar-refractivity contribution in [2.45, 2.75) is 6.54 Å². The number of hydrogen-bond acceptors (Lipinski definition) is 6. The average Bonchev–Trinajstić information content (AvgIpc) is 3.15. The summed E-state index contributed by atoms with van der Waals surface area (Å²) in [5.74, 6) is 0.466. The van der Waals surface area contributed by atoms with Crippen LogP contribution in [-0.2, 0) is 13.6 Å². The summed E-state index contributed by atoms with van der Waals surface area (Å²) >= 11 is 0.